The molecule has 6 heteroatoms. The van der Waals surface area contributed by atoms with Gasteiger partial charge in [0.25, 0.3) is 0 Å². The molecule has 0 unspecified atom stereocenters. The Labute approximate surface area is 131 Å². The Hall–Kier alpha value is -0.430. The van der Waals surface area contributed by atoms with E-state index in [-0.39, 0.29) is 18.1 Å². The minimum absolute atomic E-state index is 0.0111. The van der Waals surface area contributed by atoms with Crippen LogP contribution in [0.3, 0.4) is 0 Å². The summed E-state index contributed by atoms with van der Waals surface area (Å²) in [6.07, 6.45) is 0.922. The van der Waals surface area contributed by atoms with Crippen LogP contribution < -0.4 is 0 Å². The Bertz CT molecular complexity index is 485. The topological polar surface area (TPSA) is 32.8 Å². The van der Waals surface area contributed by atoms with Crippen LogP contribution in [0.2, 0.25) is 0 Å². The molecule has 0 radical (unpaired) electrons. The fourth-order valence-electron chi connectivity index (χ4n) is 2.92. The van der Waals surface area contributed by atoms with Gasteiger partial charge in [-0.3, -0.25) is 14.6 Å². The van der Waals surface area contributed by atoms with Gasteiger partial charge in [0.05, 0.1) is 3.79 Å². The maximum atomic E-state index is 11.8. The molecule has 2 atom stereocenters. The molecule has 3 heterocycles. The highest BCUT2D eigenvalue weighted by molar-refractivity contribution is 9.11. The molecule has 2 fully saturated rings. The zero-order valence-corrected chi connectivity index (χ0v) is 14.0. The fraction of sp³-hybridized carbons (Fsp3) is 0.643. The van der Waals surface area contributed by atoms with Crippen LogP contribution in [0.1, 0.15) is 18.2 Å². The van der Waals surface area contributed by atoms with E-state index in [0.29, 0.717) is 0 Å². The van der Waals surface area contributed by atoms with Crippen molar-refractivity contribution >= 4 is 33.2 Å². The lowest BCUT2D eigenvalue weighted by molar-refractivity contribution is -0.145. The van der Waals surface area contributed by atoms with Crippen LogP contribution in [0.5, 0.6) is 0 Å². The molecule has 0 bridgehead atoms. The molecule has 1 aromatic heterocycles. The van der Waals surface area contributed by atoms with Crippen molar-refractivity contribution in [2.24, 2.45) is 0 Å². The van der Waals surface area contributed by atoms with Gasteiger partial charge in [-0.15, -0.1) is 11.3 Å². The molecule has 0 amide bonds. The highest BCUT2D eigenvalue weighted by Crippen LogP contribution is 2.25. The number of piperazine rings is 1. The summed E-state index contributed by atoms with van der Waals surface area (Å²) in [5.74, 6) is -0.0341. The number of halogens is 1. The maximum absolute atomic E-state index is 11.8. The molecular formula is C14H19BrN2O2S. The van der Waals surface area contributed by atoms with Crippen molar-refractivity contribution in [3.8, 4) is 0 Å². The normalized spacial score (nSPS) is 28.8. The largest absolute Gasteiger partial charge is 0.461 e. The maximum Gasteiger partial charge on any atom is 0.323 e. The van der Waals surface area contributed by atoms with Crippen LogP contribution in [-0.2, 0) is 16.1 Å². The van der Waals surface area contributed by atoms with Crippen LogP contribution >= 0.6 is 27.3 Å². The standard InChI is InChI=1S/C14H19BrN2O2S/c1-10-8-12(14(18)19-10)17-6-4-16(5-7-17)9-11-2-3-13(15)20-11/h2-3,10,12H,4-9H2,1H3/t10-,12+/m1/s1. The van der Waals surface area contributed by atoms with Crippen molar-refractivity contribution < 1.29 is 9.53 Å². The Kier molecular flexibility index (Phi) is 4.45. The molecule has 2 aliphatic rings. The van der Waals surface area contributed by atoms with E-state index in [1.807, 2.05) is 6.92 Å². The molecule has 110 valence electrons. The lowest BCUT2D eigenvalue weighted by atomic mass is 10.1. The van der Waals surface area contributed by atoms with Crippen LogP contribution in [0, 0.1) is 0 Å². The Morgan fingerprint density at radius 3 is 2.65 bits per heavy atom. The van der Waals surface area contributed by atoms with Gasteiger partial charge in [0.1, 0.15) is 12.1 Å². The van der Waals surface area contributed by atoms with Crippen molar-refractivity contribution in [3.63, 3.8) is 0 Å². The summed E-state index contributed by atoms with van der Waals surface area (Å²) in [4.78, 5) is 17.9. The molecule has 20 heavy (non-hydrogen) atoms. The number of carbonyl (C=O) groups is 1. The van der Waals surface area contributed by atoms with Crippen molar-refractivity contribution in [1.82, 2.24) is 9.80 Å². The zero-order valence-electron chi connectivity index (χ0n) is 11.5. The minimum Gasteiger partial charge on any atom is -0.461 e. The Morgan fingerprint density at radius 2 is 2.10 bits per heavy atom. The minimum atomic E-state index is -0.0341. The Morgan fingerprint density at radius 1 is 1.35 bits per heavy atom. The highest BCUT2D eigenvalue weighted by atomic mass is 79.9. The van der Waals surface area contributed by atoms with Gasteiger partial charge in [0, 0.05) is 44.0 Å². The Balaban J connectivity index is 1.51. The number of nitrogens with zero attached hydrogens (tertiary/aromatic N) is 2. The molecular weight excluding hydrogens is 340 g/mol. The number of ether oxygens (including phenoxy) is 1. The van der Waals surface area contributed by atoms with Crippen LogP contribution in [0.25, 0.3) is 0 Å². The van der Waals surface area contributed by atoms with Gasteiger partial charge >= 0.3 is 5.97 Å². The summed E-state index contributed by atoms with van der Waals surface area (Å²) in [5, 5.41) is 0. The molecule has 0 saturated carbocycles. The van der Waals surface area contributed by atoms with Gasteiger partial charge in [-0.25, -0.2) is 0 Å². The van der Waals surface area contributed by atoms with E-state index in [2.05, 4.69) is 37.9 Å². The molecule has 0 spiro atoms. The van der Waals surface area contributed by atoms with E-state index in [4.69, 9.17) is 4.74 Å². The second-order valence-corrected chi connectivity index (χ2v) is 8.06. The molecule has 0 aliphatic carbocycles. The average Bonchev–Trinajstić information content (AvgIpc) is 2.96. The lowest BCUT2D eigenvalue weighted by Crippen LogP contribution is -2.51. The number of carbonyl (C=O) groups excluding carboxylic acids is 1. The van der Waals surface area contributed by atoms with Gasteiger partial charge in [-0.05, 0) is 35.0 Å². The third-order valence-corrected chi connectivity index (χ3v) is 5.61. The summed E-state index contributed by atoms with van der Waals surface area (Å²) >= 11 is 5.30. The van der Waals surface area contributed by atoms with Gasteiger partial charge in [0.2, 0.25) is 0 Å². The van der Waals surface area contributed by atoms with E-state index in [0.717, 1.165) is 39.1 Å². The SMILES string of the molecule is C[C@@H]1C[C@H](N2CCN(Cc3ccc(Br)s3)CC2)C(=O)O1. The number of hydrogen-bond donors (Lipinski definition) is 0. The number of hydrogen-bond acceptors (Lipinski definition) is 5. The molecule has 2 saturated heterocycles. The van der Waals surface area contributed by atoms with Crippen molar-refractivity contribution in [1.29, 1.82) is 0 Å². The predicted octanol–water partition coefficient (Wildman–Crippen LogP) is 2.33. The summed E-state index contributed by atoms with van der Waals surface area (Å²) in [7, 11) is 0. The number of cyclic esters (lactones) is 1. The van der Waals surface area contributed by atoms with Crippen LogP contribution in [0.15, 0.2) is 15.9 Å². The lowest BCUT2D eigenvalue weighted by Gasteiger charge is -2.36. The number of esters is 1. The first-order chi connectivity index (χ1) is 9.61. The summed E-state index contributed by atoms with van der Waals surface area (Å²) in [6, 6.07) is 4.27. The first kappa shape index (κ1) is 14.5. The van der Waals surface area contributed by atoms with E-state index >= 15 is 0 Å². The fourth-order valence-corrected chi connectivity index (χ4v) is 4.45. The van der Waals surface area contributed by atoms with E-state index in [1.54, 1.807) is 11.3 Å². The third kappa shape index (κ3) is 3.24. The molecule has 4 nitrogen and oxygen atoms in total. The highest BCUT2D eigenvalue weighted by Gasteiger charge is 2.37. The van der Waals surface area contributed by atoms with Gasteiger partial charge in [0.15, 0.2) is 0 Å². The number of rotatable bonds is 3. The summed E-state index contributed by atoms with van der Waals surface area (Å²) < 4.78 is 6.44. The molecule has 2 aliphatic heterocycles. The molecule has 0 N–H and O–H groups in total. The predicted molar refractivity (Wildman–Crippen MR) is 82.8 cm³/mol. The van der Waals surface area contributed by atoms with Crippen LogP contribution in [-0.4, -0.2) is 54.1 Å². The first-order valence-corrected chi connectivity index (χ1v) is 8.64. The summed E-state index contributed by atoms with van der Waals surface area (Å²) in [5.41, 5.74) is 0. The van der Waals surface area contributed by atoms with Gasteiger partial charge in [-0.1, -0.05) is 0 Å². The number of thiophene rings is 1. The quantitative estimate of drug-likeness (QED) is 0.776. The van der Waals surface area contributed by atoms with E-state index in [1.165, 1.54) is 8.66 Å². The first-order valence-electron chi connectivity index (χ1n) is 7.03. The van der Waals surface area contributed by atoms with Crippen molar-refractivity contribution in [2.45, 2.75) is 32.0 Å². The zero-order chi connectivity index (χ0) is 14.1. The van der Waals surface area contributed by atoms with Crippen LogP contribution in [0.4, 0.5) is 0 Å². The van der Waals surface area contributed by atoms with E-state index in [9.17, 15) is 4.79 Å². The van der Waals surface area contributed by atoms with Gasteiger partial charge < -0.3 is 4.74 Å². The van der Waals surface area contributed by atoms with E-state index < -0.39 is 0 Å². The average molecular weight is 359 g/mol. The van der Waals surface area contributed by atoms with Crippen molar-refractivity contribution in [2.75, 3.05) is 26.2 Å². The second-order valence-electron chi connectivity index (χ2n) is 5.52. The van der Waals surface area contributed by atoms with Crippen molar-refractivity contribution in [3.05, 3.63) is 20.8 Å². The monoisotopic (exact) mass is 358 g/mol. The molecule has 0 aromatic carbocycles. The van der Waals surface area contributed by atoms with Gasteiger partial charge in [-0.2, -0.15) is 0 Å². The smallest absolute Gasteiger partial charge is 0.323 e. The second kappa shape index (κ2) is 6.13. The molecule has 3 rings (SSSR count). The summed E-state index contributed by atoms with van der Waals surface area (Å²) in [6.45, 7) is 6.94. The molecule has 1 aromatic rings. The third-order valence-electron chi connectivity index (χ3n) is 4.00.